The van der Waals surface area contributed by atoms with Crippen molar-refractivity contribution in [1.29, 1.82) is 0 Å². The molecule has 1 heterocycles. The van der Waals surface area contributed by atoms with Crippen molar-refractivity contribution in [3.63, 3.8) is 0 Å². The van der Waals surface area contributed by atoms with E-state index in [0.29, 0.717) is 0 Å². The maximum atomic E-state index is 13.0. The summed E-state index contributed by atoms with van der Waals surface area (Å²) in [6, 6.07) is 6.61. The van der Waals surface area contributed by atoms with Crippen LogP contribution in [0.1, 0.15) is 39.2 Å². The molecular formula is C17H25NO4S2. The van der Waals surface area contributed by atoms with Crippen LogP contribution < -0.4 is 5.32 Å². The zero-order chi connectivity index (χ0) is 17.8. The van der Waals surface area contributed by atoms with Crippen molar-refractivity contribution < 1.29 is 16.8 Å². The van der Waals surface area contributed by atoms with Gasteiger partial charge in [0.2, 0.25) is 0 Å². The monoisotopic (exact) mass is 371 g/mol. The number of benzene rings is 1. The van der Waals surface area contributed by atoms with Crippen molar-refractivity contribution in [2.24, 2.45) is 0 Å². The number of rotatable bonds is 4. The van der Waals surface area contributed by atoms with Crippen LogP contribution in [0, 0.1) is 0 Å². The van der Waals surface area contributed by atoms with Crippen molar-refractivity contribution >= 4 is 19.7 Å². The number of sulfone groups is 2. The van der Waals surface area contributed by atoms with Gasteiger partial charge in [-0.2, -0.15) is 0 Å². The topological polar surface area (TPSA) is 80.3 Å². The molecule has 0 amide bonds. The van der Waals surface area contributed by atoms with Gasteiger partial charge in [0.15, 0.2) is 19.7 Å². The molecule has 1 aromatic carbocycles. The van der Waals surface area contributed by atoms with E-state index in [1.807, 2.05) is 12.1 Å². The number of hydrogen-bond donors (Lipinski definition) is 1. The van der Waals surface area contributed by atoms with Crippen LogP contribution in [0.3, 0.4) is 0 Å². The first-order valence-electron chi connectivity index (χ1n) is 8.30. The Hall–Kier alpha value is -0.920. The molecule has 0 aromatic heterocycles. The van der Waals surface area contributed by atoms with Crippen LogP contribution in [0.15, 0.2) is 29.2 Å². The van der Waals surface area contributed by atoms with E-state index in [-0.39, 0.29) is 27.9 Å². The maximum absolute atomic E-state index is 13.0. The van der Waals surface area contributed by atoms with E-state index in [0.717, 1.165) is 18.4 Å². The molecule has 24 heavy (non-hydrogen) atoms. The summed E-state index contributed by atoms with van der Waals surface area (Å²) in [4.78, 5) is 0.209. The van der Waals surface area contributed by atoms with Crippen LogP contribution in [0.2, 0.25) is 0 Å². The predicted octanol–water partition coefficient (Wildman–Crippen LogP) is 1.68. The summed E-state index contributed by atoms with van der Waals surface area (Å²) in [5, 5.41) is 2.31. The minimum atomic E-state index is -3.68. The van der Waals surface area contributed by atoms with Crippen LogP contribution >= 0.6 is 0 Å². The van der Waals surface area contributed by atoms with Gasteiger partial charge in [-0.3, -0.25) is 0 Å². The van der Waals surface area contributed by atoms with E-state index in [1.54, 1.807) is 12.1 Å². The molecule has 1 aromatic rings. The SMILES string of the molecule is CC(C)(C)c1ccc(S(=O)(=O)[C@H]2CS(=O)(=O)C[C@@H]2NC2CC2)cc1. The highest BCUT2D eigenvalue weighted by Crippen LogP contribution is 2.30. The molecule has 0 bridgehead atoms. The number of hydrogen-bond acceptors (Lipinski definition) is 5. The Morgan fingerprint density at radius 2 is 1.62 bits per heavy atom. The summed E-state index contributed by atoms with van der Waals surface area (Å²) in [5.41, 5.74) is 0.989. The van der Waals surface area contributed by atoms with Crippen molar-refractivity contribution in [3.05, 3.63) is 29.8 Å². The van der Waals surface area contributed by atoms with Crippen LogP contribution in [0.5, 0.6) is 0 Å². The molecule has 3 rings (SSSR count). The lowest BCUT2D eigenvalue weighted by Gasteiger charge is -2.22. The zero-order valence-electron chi connectivity index (χ0n) is 14.3. The van der Waals surface area contributed by atoms with Gasteiger partial charge in [0.1, 0.15) is 0 Å². The van der Waals surface area contributed by atoms with Crippen LogP contribution in [0.4, 0.5) is 0 Å². The standard InChI is InChI=1S/C17H25NO4S2/c1-17(2,3)12-4-8-14(9-5-12)24(21,22)16-11-23(19,20)10-15(16)18-13-6-7-13/h4-5,8-9,13,15-16,18H,6-7,10-11H2,1-3H3/t15-,16-/m0/s1. The smallest absolute Gasteiger partial charge is 0.183 e. The molecule has 1 N–H and O–H groups in total. The summed E-state index contributed by atoms with van der Waals surface area (Å²) in [7, 11) is -7.01. The highest BCUT2D eigenvalue weighted by atomic mass is 32.2. The van der Waals surface area contributed by atoms with Crippen molar-refractivity contribution in [2.75, 3.05) is 11.5 Å². The lowest BCUT2D eigenvalue weighted by molar-refractivity contribution is 0.524. The summed E-state index contributed by atoms with van der Waals surface area (Å²) in [5.74, 6) is -0.381. The van der Waals surface area contributed by atoms with Crippen LogP contribution in [-0.4, -0.2) is 45.7 Å². The number of nitrogens with one attached hydrogen (secondary N) is 1. The molecule has 1 saturated carbocycles. The highest BCUT2D eigenvalue weighted by Gasteiger charge is 2.47. The Morgan fingerprint density at radius 1 is 1.04 bits per heavy atom. The first kappa shape index (κ1) is 17.9. The first-order chi connectivity index (χ1) is 11.0. The Bertz CT molecular complexity index is 816. The minimum absolute atomic E-state index is 0.0605. The van der Waals surface area contributed by atoms with Gasteiger partial charge in [-0.05, 0) is 36.0 Å². The van der Waals surface area contributed by atoms with Crippen molar-refractivity contribution in [3.8, 4) is 0 Å². The van der Waals surface area contributed by atoms with Gasteiger partial charge in [0, 0.05) is 12.1 Å². The van der Waals surface area contributed by atoms with Gasteiger partial charge in [-0.15, -0.1) is 0 Å². The van der Waals surface area contributed by atoms with E-state index in [4.69, 9.17) is 0 Å². The Balaban J connectivity index is 1.90. The van der Waals surface area contributed by atoms with Gasteiger partial charge < -0.3 is 5.32 Å². The molecule has 0 radical (unpaired) electrons. The van der Waals surface area contributed by atoms with Gasteiger partial charge >= 0.3 is 0 Å². The van der Waals surface area contributed by atoms with Gasteiger partial charge in [0.25, 0.3) is 0 Å². The Morgan fingerprint density at radius 3 is 2.12 bits per heavy atom. The summed E-state index contributed by atoms with van der Waals surface area (Å²) in [6.45, 7) is 6.20. The molecular weight excluding hydrogens is 346 g/mol. The fourth-order valence-corrected chi connectivity index (χ4v) is 7.83. The predicted molar refractivity (Wildman–Crippen MR) is 94.7 cm³/mol. The quantitative estimate of drug-likeness (QED) is 0.871. The van der Waals surface area contributed by atoms with Crippen LogP contribution in [-0.2, 0) is 25.1 Å². The lowest BCUT2D eigenvalue weighted by Crippen LogP contribution is -2.44. The Labute approximate surface area is 144 Å². The molecule has 0 spiro atoms. The van der Waals surface area contributed by atoms with E-state index in [2.05, 4.69) is 26.1 Å². The average Bonchev–Trinajstić information content (AvgIpc) is 3.21. The van der Waals surface area contributed by atoms with E-state index in [9.17, 15) is 16.8 Å². The highest BCUT2D eigenvalue weighted by molar-refractivity contribution is 7.96. The molecule has 2 atom stereocenters. The molecule has 0 unspecified atom stereocenters. The van der Waals surface area contributed by atoms with Crippen molar-refractivity contribution in [2.45, 2.75) is 61.3 Å². The van der Waals surface area contributed by atoms with E-state index in [1.165, 1.54) is 0 Å². The molecule has 7 heteroatoms. The minimum Gasteiger partial charge on any atom is -0.309 e. The van der Waals surface area contributed by atoms with E-state index < -0.39 is 31.0 Å². The Kier molecular flexibility index (Phi) is 4.33. The molecule has 1 aliphatic carbocycles. The molecule has 1 saturated heterocycles. The molecule has 2 fully saturated rings. The third kappa shape index (κ3) is 3.68. The van der Waals surface area contributed by atoms with Crippen molar-refractivity contribution in [1.82, 2.24) is 5.32 Å². The largest absolute Gasteiger partial charge is 0.309 e. The van der Waals surface area contributed by atoms with Crippen LogP contribution in [0.25, 0.3) is 0 Å². The summed E-state index contributed by atoms with van der Waals surface area (Å²) in [6.07, 6.45) is 1.98. The van der Waals surface area contributed by atoms with E-state index >= 15 is 0 Å². The van der Waals surface area contributed by atoms with Gasteiger partial charge in [0.05, 0.1) is 21.7 Å². The normalized spacial score (nSPS) is 27.3. The second-order valence-corrected chi connectivity index (χ2v) is 12.3. The molecule has 134 valence electrons. The average molecular weight is 372 g/mol. The van der Waals surface area contributed by atoms with Gasteiger partial charge in [-0.1, -0.05) is 32.9 Å². The fraction of sp³-hybridized carbons (Fsp3) is 0.647. The third-order valence-corrected chi connectivity index (χ3v) is 8.94. The molecule has 1 aliphatic heterocycles. The fourth-order valence-electron chi connectivity index (χ4n) is 3.15. The summed E-state index contributed by atoms with van der Waals surface area (Å²) >= 11 is 0. The third-order valence-electron chi connectivity index (χ3n) is 4.78. The second kappa shape index (κ2) is 5.81. The summed E-state index contributed by atoms with van der Waals surface area (Å²) < 4.78 is 50.0. The maximum Gasteiger partial charge on any atom is 0.183 e. The zero-order valence-corrected chi connectivity index (χ0v) is 16.0. The molecule has 5 nitrogen and oxygen atoms in total. The molecule has 2 aliphatic rings. The van der Waals surface area contributed by atoms with Gasteiger partial charge in [-0.25, -0.2) is 16.8 Å². The second-order valence-electron chi connectivity index (χ2n) is 7.98. The first-order valence-corrected chi connectivity index (χ1v) is 11.7. The lowest BCUT2D eigenvalue weighted by atomic mass is 9.87.